The molecule has 0 aliphatic heterocycles. The van der Waals surface area contributed by atoms with Crippen LogP contribution in [0.25, 0.3) is 0 Å². The van der Waals surface area contributed by atoms with Crippen molar-refractivity contribution in [1.82, 2.24) is 0 Å². The van der Waals surface area contributed by atoms with Gasteiger partial charge in [-0.25, -0.2) is 0 Å². The van der Waals surface area contributed by atoms with Crippen LogP contribution in [0.1, 0.15) is 17.5 Å². The Kier molecular flexibility index (Phi) is 5.14. The maximum atomic E-state index is 6.14. The van der Waals surface area contributed by atoms with Crippen molar-refractivity contribution >= 4 is 0 Å². The first-order valence-electron chi connectivity index (χ1n) is 7.17. The van der Waals surface area contributed by atoms with E-state index in [1.165, 1.54) is 11.1 Å². The minimum Gasteiger partial charge on any atom is -0.330 e. The zero-order valence-electron chi connectivity index (χ0n) is 12.0. The van der Waals surface area contributed by atoms with E-state index >= 15 is 0 Å². The number of rotatable bonds is 7. The molecule has 0 radical (unpaired) electrons. The van der Waals surface area contributed by atoms with E-state index < -0.39 is 0 Å². The third-order valence-electron chi connectivity index (χ3n) is 3.85. The van der Waals surface area contributed by atoms with Gasteiger partial charge in [0.2, 0.25) is 0 Å². The Morgan fingerprint density at radius 3 is 1.65 bits per heavy atom. The van der Waals surface area contributed by atoms with Crippen molar-refractivity contribution in [2.45, 2.75) is 19.3 Å². The van der Waals surface area contributed by atoms with Crippen molar-refractivity contribution in [3.8, 4) is 0 Å². The van der Waals surface area contributed by atoms with Gasteiger partial charge in [-0.2, -0.15) is 0 Å². The van der Waals surface area contributed by atoms with Gasteiger partial charge in [0.25, 0.3) is 0 Å². The fourth-order valence-electron chi connectivity index (χ4n) is 2.80. The lowest BCUT2D eigenvalue weighted by molar-refractivity contribution is 0.296. The van der Waals surface area contributed by atoms with Crippen molar-refractivity contribution in [2.24, 2.45) is 11.1 Å². The summed E-state index contributed by atoms with van der Waals surface area (Å²) in [7, 11) is 0. The second kappa shape index (κ2) is 7.06. The van der Waals surface area contributed by atoms with Crippen LogP contribution in [0.2, 0.25) is 0 Å². The molecule has 0 spiro atoms. The van der Waals surface area contributed by atoms with Gasteiger partial charge in [0, 0.05) is 0 Å². The number of hydrogen-bond donors (Lipinski definition) is 1. The summed E-state index contributed by atoms with van der Waals surface area (Å²) >= 11 is 0. The van der Waals surface area contributed by atoms with Gasteiger partial charge in [-0.1, -0.05) is 66.7 Å². The summed E-state index contributed by atoms with van der Waals surface area (Å²) in [5.74, 6) is 0. The highest BCUT2D eigenvalue weighted by Crippen LogP contribution is 2.31. The molecule has 1 nitrogen and oxygen atoms in total. The zero-order valence-corrected chi connectivity index (χ0v) is 12.0. The van der Waals surface area contributed by atoms with Gasteiger partial charge in [-0.05, 0) is 42.3 Å². The summed E-state index contributed by atoms with van der Waals surface area (Å²) in [5.41, 5.74) is 8.89. The van der Waals surface area contributed by atoms with E-state index in [-0.39, 0.29) is 5.41 Å². The van der Waals surface area contributed by atoms with Crippen LogP contribution in [-0.4, -0.2) is 6.54 Å². The molecule has 2 N–H and O–H groups in total. The monoisotopic (exact) mass is 265 g/mol. The lowest BCUT2D eigenvalue weighted by Gasteiger charge is -2.32. The molecule has 0 aromatic heterocycles. The molecule has 0 saturated heterocycles. The average molecular weight is 265 g/mol. The van der Waals surface area contributed by atoms with Crippen LogP contribution in [0, 0.1) is 5.41 Å². The number of hydrogen-bond acceptors (Lipinski definition) is 1. The molecular formula is C19H23N. The van der Waals surface area contributed by atoms with Crippen molar-refractivity contribution in [3.63, 3.8) is 0 Å². The van der Waals surface area contributed by atoms with Crippen molar-refractivity contribution < 1.29 is 0 Å². The molecule has 20 heavy (non-hydrogen) atoms. The molecule has 2 aromatic rings. The summed E-state index contributed by atoms with van der Waals surface area (Å²) in [5, 5.41) is 0. The summed E-state index contributed by atoms with van der Waals surface area (Å²) in [6.07, 6.45) is 4.92. The third-order valence-corrected chi connectivity index (χ3v) is 3.85. The van der Waals surface area contributed by atoms with Crippen molar-refractivity contribution in [2.75, 3.05) is 6.54 Å². The van der Waals surface area contributed by atoms with Crippen molar-refractivity contribution in [3.05, 3.63) is 84.4 Å². The highest BCUT2D eigenvalue weighted by molar-refractivity contribution is 5.21. The molecule has 2 rings (SSSR count). The van der Waals surface area contributed by atoms with Crippen LogP contribution in [0.15, 0.2) is 73.3 Å². The van der Waals surface area contributed by atoms with Gasteiger partial charge in [-0.15, -0.1) is 6.58 Å². The van der Waals surface area contributed by atoms with Crippen LogP contribution >= 0.6 is 0 Å². The molecule has 0 unspecified atom stereocenters. The Hall–Kier alpha value is -1.86. The highest BCUT2D eigenvalue weighted by atomic mass is 14.6. The van der Waals surface area contributed by atoms with E-state index in [4.69, 9.17) is 5.73 Å². The van der Waals surface area contributed by atoms with Gasteiger partial charge in [0.15, 0.2) is 0 Å². The van der Waals surface area contributed by atoms with Gasteiger partial charge < -0.3 is 5.73 Å². The Morgan fingerprint density at radius 1 is 0.850 bits per heavy atom. The van der Waals surface area contributed by atoms with Crippen LogP contribution in [-0.2, 0) is 12.8 Å². The molecule has 1 heteroatoms. The van der Waals surface area contributed by atoms with E-state index in [0.29, 0.717) is 6.54 Å². The Balaban J connectivity index is 2.22. The van der Waals surface area contributed by atoms with Crippen LogP contribution in [0.5, 0.6) is 0 Å². The van der Waals surface area contributed by atoms with Gasteiger partial charge >= 0.3 is 0 Å². The maximum absolute atomic E-state index is 6.14. The molecule has 0 amide bonds. The van der Waals surface area contributed by atoms with E-state index in [0.717, 1.165) is 19.3 Å². The van der Waals surface area contributed by atoms with Gasteiger partial charge in [-0.3, -0.25) is 0 Å². The first-order valence-corrected chi connectivity index (χ1v) is 7.17. The molecule has 0 aliphatic rings. The quantitative estimate of drug-likeness (QED) is 0.753. The Bertz CT molecular complexity index is 474. The largest absolute Gasteiger partial charge is 0.330 e. The predicted octanol–water partition coefficient (Wildman–Crippen LogP) is 3.99. The molecule has 0 heterocycles. The van der Waals surface area contributed by atoms with Crippen LogP contribution in [0.3, 0.4) is 0 Å². The molecule has 0 saturated carbocycles. The lowest BCUT2D eigenvalue weighted by Crippen LogP contribution is -2.34. The van der Waals surface area contributed by atoms with Gasteiger partial charge in [0.1, 0.15) is 0 Å². The fourth-order valence-corrected chi connectivity index (χ4v) is 2.80. The van der Waals surface area contributed by atoms with Crippen molar-refractivity contribution in [1.29, 1.82) is 0 Å². The maximum Gasteiger partial charge on any atom is -0.00112 e. The van der Waals surface area contributed by atoms with E-state index in [1.807, 2.05) is 6.08 Å². The topological polar surface area (TPSA) is 26.0 Å². The normalized spacial score (nSPS) is 11.2. The molecule has 2 aromatic carbocycles. The number of nitrogens with two attached hydrogens (primary N) is 1. The second-order valence-electron chi connectivity index (χ2n) is 5.52. The summed E-state index contributed by atoms with van der Waals surface area (Å²) in [4.78, 5) is 0. The van der Waals surface area contributed by atoms with Crippen LogP contribution in [0.4, 0.5) is 0 Å². The minimum absolute atomic E-state index is 0.0600. The predicted molar refractivity (Wildman–Crippen MR) is 86.6 cm³/mol. The third kappa shape index (κ3) is 3.82. The van der Waals surface area contributed by atoms with Crippen LogP contribution < -0.4 is 5.73 Å². The summed E-state index contributed by atoms with van der Waals surface area (Å²) in [6, 6.07) is 21.2. The average Bonchev–Trinajstić information content (AvgIpc) is 2.49. The number of allylic oxidation sites excluding steroid dienone is 1. The molecule has 0 atom stereocenters. The smallest absolute Gasteiger partial charge is 0.00112 e. The molecule has 0 aliphatic carbocycles. The summed E-state index contributed by atoms with van der Waals surface area (Å²) < 4.78 is 0. The number of benzene rings is 2. The zero-order chi connectivity index (χ0) is 14.3. The minimum atomic E-state index is 0.0600. The molecule has 0 fully saturated rings. The molecular weight excluding hydrogens is 242 g/mol. The van der Waals surface area contributed by atoms with Gasteiger partial charge in [0.05, 0.1) is 0 Å². The Labute approximate surface area is 122 Å². The van der Waals surface area contributed by atoms with E-state index in [2.05, 4.69) is 67.2 Å². The Morgan fingerprint density at radius 2 is 1.30 bits per heavy atom. The highest BCUT2D eigenvalue weighted by Gasteiger charge is 2.27. The molecule has 0 bridgehead atoms. The first-order chi connectivity index (χ1) is 9.78. The first kappa shape index (κ1) is 14.5. The second-order valence-corrected chi connectivity index (χ2v) is 5.52. The van der Waals surface area contributed by atoms with E-state index in [1.54, 1.807) is 0 Å². The molecule has 104 valence electrons. The summed E-state index contributed by atoms with van der Waals surface area (Å²) in [6.45, 7) is 4.59. The van der Waals surface area contributed by atoms with E-state index in [9.17, 15) is 0 Å². The SMILES string of the molecule is C=CCC(CN)(Cc1ccccc1)Cc1ccccc1. The lowest BCUT2D eigenvalue weighted by atomic mass is 9.74. The standard InChI is InChI=1S/C19H23N/c1-2-13-19(16-20,14-17-9-5-3-6-10-17)15-18-11-7-4-8-12-18/h2-12H,1,13-16,20H2. The fraction of sp³-hybridized carbons (Fsp3) is 0.263.